The van der Waals surface area contributed by atoms with Crippen molar-refractivity contribution in [3.05, 3.63) is 28.2 Å². The summed E-state index contributed by atoms with van der Waals surface area (Å²) in [5.74, 6) is 0. The van der Waals surface area contributed by atoms with E-state index in [0.29, 0.717) is 18.2 Å². The lowest BCUT2D eigenvalue weighted by Crippen LogP contribution is -2.28. The number of nitrogens with one attached hydrogen (secondary N) is 1. The highest BCUT2D eigenvalue weighted by Crippen LogP contribution is 2.21. The van der Waals surface area contributed by atoms with Crippen LogP contribution >= 0.6 is 15.9 Å². The predicted molar refractivity (Wildman–Crippen MR) is 70.2 cm³/mol. The van der Waals surface area contributed by atoms with Crippen LogP contribution in [0.5, 0.6) is 0 Å². The topological polar surface area (TPSA) is 61.8 Å². The molecule has 1 rings (SSSR count). The molecule has 0 heterocycles. The lowest BCUT2D eigenvalue weighted by Gasteiger charge is -2.17. The normalized spacial score (nSPS) is 11.9. The van der Waals surface area contributed by atoms with Crippen LogP contribution < -0.4 is 11.1 Å². The number of nitriles is 1. The Labute approximate surface area is 105 Å². The third-order valence-electron chi connectivity index (χ3n) is 2.38. The molecule has 1 aromatic rings. The number of halogens is 1. The lowest BCUT2D eigenvalue weighted by molar-refractivity contribution is 0.648. The van der Waals surface area contributed by atoms with Crippen LogP contribution in [-0.4, -0.2) is 12.6 Å². The van der Waals surface area contributed by atoms with Gasteiger partial charge in [-0.05, 0) is 40.5 Å². The molecule has 0 saturated heterocycles. The molecule has 3 N–H and O–H groups in total. The summed E-state index contributed by atoms with van der Waals surface area (Å²) in [5, 5.41) is 12.2. The van der Waals surface area contributed by atoms with Gasteiger partial charge in [0.05, 0.1) is 5.56 Å². The highest BCUT2D eigenvalue weighted by Gasteiger charge is 2.06. The first-order valence-electron chi connectivity index (χ1n) is 5.37. The summed E-state index contributed by atoms with van der Waals surface area (Å²) < 4.78 is 0.812. The fourth-order valence-electron chi connectivity index (χ4n) is 1.53. The van der Waals surface area contributed by atoms with Gasteiger partial charge in [-0.2, -0.15) is 5.26 Å². The highest BCUT2D eigenvalue weighted by molar-refractivity contribution is 9.10. The zero-order chi connectivity index (χ0) is 12.0. The summed E-state index contributed by atoms with van der Waals surface area (Å²) in [7, 11) is 0. The molecule has 0 aliphatic rings. The summed E-state index contributed by atoms with van der Waals surface area (Å²) in [4.78, 5) is 0. The highest BCUT2D eigenvalue weighted by atomic mass is 79.9. The molecule has 3 nitrogen and oxygen atoms in total. The molecule has 0 radical (unpaired) electrons. The largest absolute Gasteiger partial charge is 0.381 e. The van der Waals surface area contributed by atoms with E-state index in [1.54, 1.807) is 6.07 Å². The standard InChI is InChI=1S/C12H16BrN3/c1-2-3-11(8-15)16-10-5-4-9(7-14)12(13)6-10/h4-6,11,16H,2-3,8,15H2,1H3. The van der Waals surface area contributed by atoms with Crippen molar-refractivity contribution >= 4 is 21.6 Å². The fraction of sp³-hybridized carbons (Fsp3) is 0.417. The van der Waals surface area contributed by atoms with Crippen LogP contribution in [0.15, 0.2) is 22.7 Å². The number of rotatable bonds is 5. The van der Waals surface area contributed by atoms with Crippen molar-refractivity contribution in [3.8, 4) is 6.07 Å². The number of nitrogens with two attached hydrogens (primary N) is 1. The minimum atomic E-state index is 0.296. The van der Waals surface area contributed by atoms with Crippen LogP contribution in [0.4, 0.5) is 5.69 Å². The maximum absolute atomic E-state index is 8.80. The molecule has 0 aliphatic carbocycles. The summed E-state index contributed by atoms with van der Waals surface area (Å²) in [6.45, 7) is 2.75. The van der Waals surface area contributed by atoms with Gasteiger partial charge in [-0.1, -0.05) is 13.3 Å². The SMILES string of the molecule is CCCC(CN)Nc1ccc(C#N)c(Br)c1. The molecule has 16 heavy (non-hydrogen) atoms. The van der Waals surface area contributed by atoms with Crippen LogP contribution in [0.1, 0.15) is 25.3 Å². The number of hydrogen-bond donors (Lipinski definition) is 2. The smallest absolute Gasteiger partial charge is 0.100 e. The Hall–Kier alpha value is -1.05. The molecule has 0 bridgehead atoms. The molecule has 0 aliphatic heterocycles. The molecule has 1 aromatic carbocycles. The second-order valence-electron chi connectivity index (χ2n) is 3.67. The average molecular weight is 282 g/mol. The first kappa shape index (κ1) is 13.0. The Morgan fingerprint density at radius 1 is 1.56 bits per heavy atom. The number of benzene rings is 1. The van der Waals surface area contributed by atoms with Gasteiger partial charge in [-0.25, -0.2) is 0 Å². The molecule has 0 spiro atoms. The van der Waals surface area contributed by atoms with Gasteiger partial charge in [0.2, 0.25) is 0 Å². The van der Waals surface area contributed by atoms with Crippen molar-refractivity contribution in [2.75, 3.05) is 11.9 Å². The third kappa shape index (κ3) is 3.51. The van der Waals surface area contributed by atoms with Crippen molar-refractivity contribution in [2.45, 2.75) is 25.8 Å². The molecule has 1 atom stereocenters. The summed E-state index contributed by atoms with van der Waals surface area (Å²) in [5.41, 5.74) is 7.31. The number of nitrogens with zero attached hydrogens (tertiary/aromatic N) is 1. The van der Waals surface area contributed by atoms with Crippen molar-refractivity contribution < 1.29 is 0 Å². The van der Waals surface area contributed by atoms with Crippen LogP contribution in [-0.2, 0) is 0 Å². The molecule has 0 fully saturated rings. The fourth-order valence-corrected chi connectivity index (χ4v) is 2.00. The zero-order valence-corrected chi connectivity index (χ0v) is 10.9. The molecule has 4 heteroatoms. The number of hydrogen-bond acceptors (Lipinski definition) is 3. The van der Waals surface area contributed by atoms with Crippen LogP contribution in [0, 0.1) is 11.3 Å². The van der Waals surface area contributed by atoms with Crippen molar-refractivity contribution in [1.82, 2.24) is 0 Å². The van der Waals surface area contributed by atoms with Gasteiger partial charge < -0.3 is 11.1 Å². The zero-order valence-electron chi connectivity index (χ0n) is 9.33. The van der Waals surface area contributed by atoms with Crippen molar-refractivity contribution in [2.24, 2.45) is 5.73 Å². The van der Waals surface area contributed by atoms with Crippen molar-refractivity contribution in [3.63, 3.8) is 0 Å². The second kappa shape index (κ2) is 6.51. The maximum atomic E-state index is 8.80. The van der Waals surface area contributed by atoms with Gasteiger partial charge in [0.25, 0.3) is 0 Å². The van der Waals surface area contributed by atoms with E-state index >= 15 is 0 Å². The molecule has 1 unspecified atom stereocenters. The molecule has 0 saturated carbocycles. The van der Waals surface area contributed by atoms with Gasteiger partial charge in [0.15, 0.2) is 0 Å². The van der Waals surface area contributed by atoms with E-state index in [2.05, 4.69) is 34.2 Å². The maximum Gasteiger partial charge on any atom is 0.100 e. The number of anilines is 1. The molecule has 0 aromatic heterocycles. The van der Waals surface area contributed by atoms with Gasteiger partial charge >= 0.3 is 0 Å². The molecule has 0 amide bonds. The first-order chi connectivity index (χ1) is 7.71. The minimum Gasteiger partial charge on any atom is -0.381 e. The predicted octanol–water partition coefficient (Wildman–Crippen LogP) is 2.86. The van der Waals surface area contributed by atoms with Crippen molar-refractivity contribution in [1.29, 1.82) is 5.26 Å². The van der Waals surface area contributed by atoms with Gasteiger partial charge in [0.1, 0.15) is 6.07 Å². The van der Waals surface area contributed by atoms with Crippen LogP contribution in [0.25, 0.3) is 0 Å². The molecule has 86 valence electrons. The van der Waals surface area contributed by atoms with Gasteiger partial charge in [-0.3, -0.25) is 0 Å². The summed E-state index contributed by atoms with van der Waals surface area (Å²) in [6, 6.07) is 8.03. The van der Waals surface area contributed by atoms with E-state index < -0.39 is 0 Å². The summed E-state index contributed by atoms with van der Waals surface area (Å²) >= 11 is 3.36. The second-order valence-corrected chi connectivity index (χ2v) is 4.53. The Bertz CT molecular complexity index is 384. The average Bonchev–Trinajstić information content (AvgIpc) is 2.28. The quantitative estimate of drug-likeness (QED) is 0.873. The van der Waals surface area contributed by atoms with E-state index in [9.17, 15) is 0 Å². The van der Waals surface area contributed by atoms with E-state index in [0.717, 1.165) is 23.0 Å². The molecular weight excluding hydrogens is 266 g/mol. The molecular formula is C12H16BrN3. The van der Waals surface area contributed by atoms with E-state index in [4.69, 9.17) is 11.0 Å². The summed E-state index contributed by atoms with van der Waals surface area (Å²) in [6.07, 6.45) is 2.15. The van der Waals surface area contributed by atoms with E-state index in [-0.39, 0.29) is 0 Å². The van der Waals surface area contributed by atoms with Gasteiger partial charge in [-0.15, -0.1) is 0 Å². The lowest BCUT2D eigenvalue weighted by atomic mass is 10.1. The van der Waals surface area contributed by atoms with E-state index in [1.807, 2.05) is 12.1 Å². The Morgan fingerprint density at radius 3 is 2.81 bits per heavy atom. The third-order valence-corrected chi connectivity index (χ3v) is 3.04. The minimum absolute atomic E-state index is 0.296. The van der Waals surface area contributed by atoms with Crippen LogP contribution in [0.3, 0.4) is 0 Å². The van der Waals surface area contributed by atoms with Crippen LogP contribution in [0.2, 0.25) is 0 Å². The Kier molecular flexibility index (Phi) is 5.30. The van der Waals surface area contributed by atoms with E-state index in [1.165, 1.54) is 0 Å². The Morgan fingerprint density at radius 2 is 2.31 bits per heavy atom. The van der Waals surface area contributed by atoms with Gasteiger partial charge in [0, 0.05) is 22.7 Å². The Balaban J connectivity index is 2.74. The first-order valence-corrected chi connectivity index (χ1v) is 6.16. The monoisotopic (exact) mass is 281 g/mol.